The van der Waals surface area contributed by atoms with Crippen LogP contribution in [0.4, 0.5) is 21.8 Å². The molecule has 0 spiro atoms. The third kappa shape index (κ3) is 7.55. The van der Waals surface area contributed by atoms with E-state index < -0.39 is 11.7 Å². The molecule has 2 amide bonds. The van der Waals surface area contributed by atoms with Gasteiger partial charge in [-0.15, -0.1) is 0 Å². The molecule has 3 fully saturated rings. The van der Waals surface area contributed by atoms with Crippen LogP contribution < -0.4 is 26.3 Å². The number of rotatable bonds is 9. The van der Waals surface area contributed by atoms with E-state index in [1.54, 1.807) is 30.4 Å². The van der Waals surface area contributed by atoms with E-state index >= 15 is 0 Å². The summed E-state index contributed by atoms with van der Waals surface area (Å²) < 4.78 is 20.0. The number of benzene rings is 1. The molecule has 0 bridgehead atoms. The zero-order chi connectivity index (χ0) is 32.9. The number of piperidine rings is 1. The lowest BCUT2D eigenvalue weighted by Gasteiger charge is -2.39. The molecule has 4 heterocycles. The van der Waals surface area contributed by atoms with E-state index in [2.05, 4.69) is 37.4 Å². The molecule has 2 aromatic heterocycles. The Labute approximate surface area is 274 Å². The molecule has 47 heavy (non-hydrogen) atoms. The summed E-state index contributed by atoms with van der Waals surface area (Å²) >= 11 is 0. The lowest BCUT2D eigenvalue weighted by Crippen LogP contribution is -2.56. The quantitative estimate of drug-likeness (QED) is 0.271. The number of nitrogens with zero attached hydrogens (tertiary/aromatic N) is 6. The highest BCUT2D eigenvalue weighted by atomic mass is 19.1. The van der Waals surface area contributed by atoms with Crippen molar-refractivity contribution in [3.05, 3.63) is 48.2 Å². The predicted molar refractivity (Wildman–Crippen MR) is 177 cm³/mol. The van der Waals surface area contributed by atoms with Gasteiger partial charge < -0.3 is 31.0 Å². The van der Waals surface area contributed by atoms with Gasteiger partial charge in [0.1, 0.15) is 17.3 Å². The number of carbonyl (C=O) groups excluding carboxylic acids is 2. The number of aromatic amines is 1. The van der Waals surface area contributed by atoms with Crippen molar-refractivity contribution in [2.24, 2.45) is 11.7 Å². The van der Waals surface area contributed by atoms with Gasteiger partial charge in [-0.05, 0) is 50.8 Å². The Morgan fingerprint density at radius 1 is 1.09 bits per heavy atom. The number of halogens is 1. The first-order valence-electron chi connectivity index (χ1n) is 16.7. The van der Waals surface area contributed by atoms with Crippen LogP contribution >= 0.6 is 0 Å². The molecule has 5 N–H and O–H groups in total. The molecule has 3 aliphatic rings. The van der Waals surface area contributed by atoms with Crippen molar-refractivity contribution in [3.63, 3.8) is 0 Å². The summed E-state index contributed by atoms with van der Waals surface area (Å²) in [5.74, 6) is 0.214. The molecular formula is C33H45FN10O3. The molecular weight excluding hydrogens is 603 g/mol. The van der Waals surface area contributed by atoms with Crippen LogP contribution in [0.1, 0.15) is 62.5 Å². The lowest BCUT2D eigenvalue weighted by molar-refractivity contribution is -0.126. The van der Waals surface area contributed by atoms with Gasteiger partial charge in [0, 0.05) is 57.6 Å². The average molecular weight is 649 g/mol. The smallest absolute Gasteiger partial charge is 0.308 e. The molecule has 14 heteroatoms. The first-order chi connectivity index (χ1) is 22.8. The van der Waals surface area contributed by atoms with Gasteiger partial charge in [0.15, 0.2) is 5.82 Å². The van der Waals surface area contributed by atoms with E-state index in [0.717, 1.165) is 25.7 Å². The van der Waals surface area contributed by atoms with Crippen LogP contribution in [0.3, 0.4) is 0 Å². The van der Waals surface area contributed by atoms with Crippen LogP contribution in [-0.2, 0) is 9.53 Å². The molecule has 0 radical (unpaired) electrons. The minimum atomic E-state index is -0.460. The number of morpholine rings is 1. The fourth-order valence-corrected chi connectivity index (χ4v) is 6.74. The minimum absolute atomic E-state index is 0.0667. The SMILES string of the molecule is CNc1nc(-c2c[nH]c(C(=O)N(c3cccc(F)c3)N3CCOC(CN)C3)n2)cc(N2CC(C(=O)NC3CCCCC3)CCC2C)n1. The van der Waals surface area contributed by atoms with Crippen LogP contribution in [0.2, 0.25) is 0 Å². The summed E-state index contributed by atoms with van der Waals surface area (Å²) in [7, 11) is 1.75. The standard InChI is InChI=1S/C33H45FN10O3/c1-21-11-12-22(31(45)38-24-8-4-3-5-9-24)19-43(21)29-16-27(40-33(36-2)41-29)28-18-37-30(39-28)32(46)44(25-10-6-7-23(34)15-25)42-13-14-47-26(17-35)20-42/h6-7,10,15-16,18,21-22,24,26H,3-5,8-9,11-14,17,19-20,35H2,1-2H3,(H,37,39)(H,38,45)(H,36,40,41). The Morgan fingerprint density at radius 3 is 2.68 bits per heavy atom. The highest BCUT2D eigenvalue weighted by molar-refractivity contribution is 6.03. The largest absolute Gasteiger partial charge is 0.374 e. The second-order valence-electron chi connectivity index (χ2n) is 12.7. The van der Waals surface area contributed by atoms with E-state index in [1.165, 1.54) is 36.4 Å². The summed E-state index contributed by atoms with van der Waals surface area (Å²) in [5.41, 5.74) is 7.20. The predicted octanol–water partition coefficient (Wildman–Crippen LogP) is 3.32. The Bertz CT molecular complexity index is 1550. The highest BCUT2D eigenvalue weighted by Crippen LogP contribution is 2.31. The second kappa shape index (κ2) is 14.7. The van der Waals surface area contributed by atoms with E-state index in [4.69, 9.17) is 15.5 Å². The summed E-state index contributed by atoms with van der Waals surface area (Å²) in [4.78, 5) is 46.5. The summed E-state index contributed by atoms with van der Waals surface area (Å²) in [6, 6.07) is 8.17. The molecule has 3 atom stereocenters. The number of amides is 2. The maximum atomic E-state index is 14.3. The number of H-pyrrole nitrogens is 1. The molecule has 3 unspecified atom stereocenters. The highest BCUT2D eigenvalue weighted by Gasteiger charge is 2.34. The second-order valence-corrected chi connectivity index (χ2v) is 12.7. The maximum absolute atomic E-state index is 14.3. The Balaban J connectivity index is 1.24. The summed E-state index contributed by atoms with van der Waals surface area (Å²) in [6.07, 6.45) is 8.73. The number of ether oxygens (including phenoxy) is 1. The first-order valence-corrected chi connectivity index (χ1v) is 16.7. The van der Waals surface area contributed by atoms with Crippen LogP contribution in [0.15, 0.2) is 36.5 Å². The molecule has 252 valence electrons. The third-order valence-corrected chi connectivity index (χ3v) is 9.39. The van der Waals surface area contributed by atoms with E-state index in [0.29, 0.717) is 55.1 Å². The van der Waals surface area contributed by atoms with Crippen molar-refractivity contribution in [2.45, 2.75) is 70.1 Å². The van der Waals surface area contributed by atoms with Crippen molar-refractivity contribution in [3.8, 4) is 11.4 Å². The zero-order valence-electron chi connectivity index (χ0n) is 27.1. The van der Waals surface area contributed by atoms with Gasteiger partial charge in [0.2, 0.25) is 11.9 Å². The van der Waals surface area contributed by atoms with Gasteiger partial charge in [0.05, 0.1) is 30.0 Å². The zero-order valence-corrected chi connectivity index (χ0v) is 27.1. The van der Waals surface area contributed by atoms with Crippen LogP contribution in [0.25, 0.3) is 11.4 Å². The maximum Gasteiger partial charge on any atom is 0.308 e. The van der Waals surface area contributed by atoms with Gasteiger partial charge in [-0.2, -0.15) is 4.98 Å². The first kappa shape index (κ1) is 32.8. The fourth-order valence-electron chi connectivity index (χ4n) is 6.74. The summed E-state index contributed by atoms with van der Waals surface area (Å²) in [5, 5.41) is 9.58. The van der Waals surface area contributed by atoms with Crippen molar-refractivity contribution >= 4 is 29.3 Å². The Kier molecular flexibility index (Phi) is 10.3. The van der Waals surface area contributed by atoms with E-state index in [1.807, 2.05) is 6.07 Å². The van der Waals surface area contributed by atoms with Crippen molar-refractivity contribution in [1.29, 1.82) is 0 Å². The molecule has 1 aliphatic carbocycles. The van der Waals surface area contributed by atoms with Gasteiger partial charge >= 0.3 is 5.91 Å². The van der Waals surface area contributed by atoms with Gasteiger partial charge in [-0.25, -0.2) is 24.4 Å². The van der Waals surface area contributed by atoms with Crippen LogP contribution in [0.5, 0.6) is 0 Å². The minimum Gasteiger partial charge on any atom is -0.374 e. The summed E-state index contributed by atoms with van der Waals surface area (Å²) in [6.45, 7) is 4.14. The van der Waals surface area contributed by atoms with Crippen molar-refractivity contribution in [1.82, 2.24) is 30.3 Å². The monoisotopic (exact) mass is 648 g/mol. The number of nitrogens with two attached hydrogens (primary N) is 1. The van der Waals surface area contributed by atoms with Crippen LogP contribution in [0, 0.1) is 11.7 Å². The Hall–Kier alpha value is -4.14. The molecule has 13 nitrogen and oxygen atoms in total. The molecule has 1 saturated carbocycles. The third-order valence-electron chi connectivity index (χ3n) is 9.39. The number of hydrazine groups is 1. The fraction of sp³-hybridized carbons (Fsp3) is 0.545. The molecule has 6 rings (SSSR count). The van der Waals surface area contributed by atoms with Crippen molar-refractivity contribution < 1.29 is 18.7 Å². The number of hydrogen-bond donors (Lipinski definition) is 4. The molecule has 2 aliphatic heterocycles. The normalized spacial score (nSPS) is 22.6. The number of hydrogen-bond acceptors (Lipinski definition) is 10. The lowest BCUT2D eigenvalue weighted by atomic mass is 9.91. The van der Waals surface area contributed by atoms with Crippen molar-refractivity contribution in [2.75, 3.05) is 55.1 Å². The number of nitrogens with one attached hydrogen (secondary N) is 3. The molecule has 1 aromatic carbocycles. The van der Waals surface area contributed by atoms with Crippen LogP contribution in [-0.4, -0.2) is 94.8 Å². The van der Waals surface area contributed by atoms with Gasteiger partial charge in [0.25, 0.3) is 0 Å². The van der Waals surface area contributed by atoms with Gasteiger partial charge in [-0.3, -0.25) is 9.59 Å². The number of anilines is 3. The molecule has 2 saturated heterocycles. The number of imidazole rings is 1. The average Bonchev–Trinajstić information content (AvgIpc) is 3.60. The Morgan fingerprint density at radius 2 is 1.91 bits per heavy atom. The number of aromatic nitrogens is 4. The van der Waals surface area contributed by atoms with E-state index in [9.17, 15) is 14.0 Å². The van der Waals surface area contributed by atoms with E-state index in [-0.39, 0.29) is 42.4 Å². The topological polar surface area (TPSA) is 158 Å². The number of carbonyl (C=O) groups is 2. The van der Waals surface area contributed by atoms with Gasteiger partial charge in [-0.1, -0.05) is 25.3 Å². The molecule has 3 aromatic rings.